The van der Waals surface area contributed by atoms with Crippen LogP contribution in [0.1, 0.15) is 64.2 Å². The van der Waals surface area contributed by atoms with Gasteiger partial charge in [-0.3, -0.25) is 4.90 Å². The van der Waals surface area contributed by atoms with Crippen LogP contribution in [0.25, 0.3) is 0 Å². The lowest BCUT2D eigenvalue weighted by Crippen LogP contribution is -2.45. The van der Waals surface area contributed by atoms with Crippen molar-refractivity contribution in [1.82, 2.24) is 4.90 Å². The van der Waals surface area contributed by atoms with Crippen molar-refractivity contribution in [2.75, 3.05) is 26.2 Å². The van der Waals surface area contributed by atoms with E-state index >= 15 is 0 Å². The van der Waals surface area contributed by atoms with Crippen LogP contribution in [0.4, 0.5) is 8.78 Å². The van der Waals surface area contributed by atoms with Crippen molar-refractivity contribution in [3.63, 3.8) is 0 Å². The molecule has 5 atom stereocenters. The third-order valence-electron chi connectivity index (χ3n) is 8.19. The first-order chi connectivity index (χ1) is 15.0. The standard InChI is InChI=1S/C26H39F2NO2/c1-18-19(5-3-9-24(18)30)10-11-20-6-2-8-22-21(12-13-23(20)22)7-4-14-29-15-16-31-25(17-29)26(27)28/h10-11,21-26,30H,1-9,12-17H2/b19-10-,20-11+/t21-,22?,23?,24?,25?/m0/s1. The predicted molar refractivity (Wildman–Crippen MR) is 120 cm³/mol. The summed E-state index contributed by atoms with van der Waals surface area (Å²) in [6.07, 6.45) is 12.6. The van der Waals surface area contributed by atoms with Crippen molar-refractivity contribution < 1.29 is 18.6 Å². The van der Waals surface area contributed by atoms with Crippen LogP contribution in [0.2, 0.25) is 0 Å². The summed E-state index contributed by atoms with van der Waals surface area (Å²) in [6, 6.07) is 0. The van der Waals surface area contributed by atoms with Crippen molar-refractivity contribution in [1.29, 1.82) is 0 Å². The maximum atomic E-state index is 12.9. The van der Waals surface area contributed by atoms with Gasteiger partial charge < -0.3 is 9.84 Å². The second kappa shape index (κ2) is 10.7. The van der Waals surface area contributed by atoms with Crippen molar-refractivity contribution in [2.45, 2.75) is 82.8 Å². The minimum atomic E-state index is -2.38. The van der Waals surface area contributed by atoms with Gasteiger partial charge in [-0.05, 0) is 99.7 Å². The average Bonchev–Trinajstić information content (AvgIpc) is 3.19. The first kappa shape index (κ1) is 23.1. The van der Waals surface area contributed by atoms with Crippen LogP contribution < -0.4 is 0 Å². The average molecular weight is 436 g/mol. The van der Waals surface area contributed by atoms with Crippen LogP contribution in [-0.2, 0) is 4.74 Å². The normalized spacial score (nSPS) is 37.7. The number of ether oxygens (including phenoxy) is 1. The molecule has 0 radical (unpaired) electrons. The number of alkyl halides is 2. The quantitative estimate of drug-likeness (QED) is 0.597. The molecule has 1 aliphatic heterocycles. The summed E-state index contributed by atoms with van der Waals surface area (Å²) in [4.78, 5) is 2.16. The molecule has 3 nitrogen and oxygen atoms in total. The highest BCUT2D eigenvalue weighted by Gasteiger charge is 2.39. The lowest BCUT2D eigenvalue weighted by molar-refractivity contribution is -0.102. The Hall–Kier alpha value is -1.04. The molecule has 31 heavy (non-hydrogen) atoms. The third kappa shape index (κ3) is 5.66. The van der Waals surface area contributed by atoms with Crippen LogP contribution in [0.15, 0.2) is 35.5 Å². The molecule has 4 unspecified atom stereocenters. The van der Waals surface area contributed by atoms with E-state index < -0.39 is 12.5 Å². The van der Waals surface area contributed by atoms with Crippen molar-refractivity contribution in [2.24, 2.45) is 17.8 Å². The largest absolute Gasteiger partial charge is 0.388 e. The molecule has 3 aliphatic carbocycles. The van der Waals surface area contributed by atoms with Crippen LogP contribution in [0.5, 0.6) is 0 Å². The summed E-state index contributed by atoms with van der Waals surface area (Å²) < 4.78 is 31.0. The molecule has 0 amide bonds. The van der Waals surface area contributed by atoms with Crippen LogP contribution in [0.3, 0.4) is 0 Å². The molecule has 0 aromatic carbocycles. The number of hydrogen-bond donors (Lipinski definition) is 1. The van der Waals surface area contributed by atoms with Crippen LogP contribution in [0, 0.1) is 17.8 Å². The fourth-order valence-corrected chi connectivity index (χ4v) is 6.44. The number of hydrogen-bond acceptors (Lipinski definition) is 3. The molecule has 3 saturated carbocycles. The molecule has 0 aromatic rings. The number of rotatable bonds is 6. The van der Waals surface area contributed by atoms with E-state index in [-0.39, 0.29) is 6.10 Å². The second-order valence-electron chi connectivity index (χ2n) is 10.1. The molecule has 1 saturated heterocycles. The molecule has 4 rings (SSSR count). The SMILES string of the molecule is C=C1/C(=C\C=C2/CCCC3C2CC[C@@H]3CCCN2CCOC(C(F)F)C2)CCCC1O. The van der Waals surface area contributed by atoms with E-state index in [2.05, 4.69) is 23.6 Å². The topological polar surface area (TPSA) is 32.7 Å². The zero-order valence-corrected chi connectivity index (χ0v) is 18.8. The zero-order valence-electron chi connectivity index (χ0n) is 18.8. The van der Waals surface area contributed by atoms with Gasteiger partial charge in [-0.25, -0.2) is 8.78 Å². The highest BCUT2D eigenvalue weighted by atomic mass is 19.3. The summed E-state index contributed by atoms with van der Waals surface area (Å²) in [7, 11) is 0. The molecule has 174 valence electrons. The lowest BCUT2D eigenvalue weighted by atomic mass is 9.74. The molecule has 4 aliphatic rings. The molecule has 5 heteroatoms. The van der Waals surface area contributed by atoms with E-state index in [0.29, 0.717) is 19.1 Å². The number of halogens is 2. The van der Waals surface area contributed by atoms with Gasteiger partial charge in [0.2, 0.25) is 0 Å². The number of aliphatic hydroxyl groups is 1. The number of nitrogens with zero attached hydrogens (tertiary/aromatic N) is 1. The third-order valence-corrected chi connectivity index (χ3v) is 8.19. The minimum absolute atomic E-state index is 0.365. The van der Waals surface area contributed by atoms with Crippen LogP contribution in [-0.4, -0.2) is 54.9 Å². The predicted octanol–water partition coefficient (Wildman–Crippen LogP) is 5.51. The Bertz CT molecular complexity index is 689. The fourth-order valence-electron chi connectivity index (χ4n) is 6.44. The first-order valence-corrected chi connectivity index (χ1v) is 12.4. The van der Waals surface area contributed by atoms with E-state index in [1.165, 1.54) is 44.1 Å². The second-order valence-corrected chi connectivity index (χ2v) is 10.1. The minimum Gasteiger partial charge on any atom is -0.388 e. The molecule has 0 aromatic heterocycles. The fraction of sp³-hybridized carbons (Fsp3) is 0.769. The Morgan fingerprint density at radius 3 is 2.81 bits per heavy atom. The van der Waals surface area contributed by atoms with Crippen molar-refractivity contribution in [3.8, 4) is 0 Å². The van der Waals surface area contributed by atoms with Crippen LogP contribution >= 0.6 is 0 Å². The highest BCUT2D eigenvalue weighted by molar-refractivity contribution is 5.37. The highest BCUT2D eigenvalue weighted by Crippen LogP contribution is 2.50. The van der Waals surface area contributed by atoms with Gasteiger partial charge in [0.1, 0.15) is 6.10 Å². The summed E-state index contributed by atoms with van der Waals surface area (Å²) >= 11 is 0. The van der Waals surface area contributed by atoms with Crippen molar-refractivity contribution in [3.05, 3.63) is 35.5 Å². The Kier molecular flexibility index (Phi) is 8.00. The van der Waals surface area contributed by atoms with E-state index in [0.717, 1.165) is 56.2 Å². The smallest absolute Gasteiger partial charge is 0.265 e. The molecular formula is C26H39F2NO2. The molecular weight excluding hydrogens is 396 g/mol. The summed E-state index contributed by atoms with van der Waals surface area (Å²) in [5, 5.41) is 10.1. The maximum absolute atomic E-state index is 12.9. The van der Waals surface area contributed by atoms with Crippen molar-refractivity contribution >= 4 is 0 Å². The Morgan fingerprint density at radius 2 is 1.97 bits per heavy atom. The molecule has 0 spiro atoms. The number of allylic oxidation sites excluding steroid dienone is 3. The summed E-state index contributed by atoms with van der Waals surface area (Å²) in [6.45, 7) is 6.60. The Balaban J connectivity index is 1.29. The van der Waals surface area contributed by atoms with E-state index in [4.69, 9.17) is 4.74 Å². The van der Waals surface area contributed by atoms with Gasteiger partial charge in [0.15, 0.2) is 0 Å². The zero-order chi connectivity index (χ0) is 21.8. The van der Waals surface area contributed by atoms with Gasteiger partial charge >= 0.3 is 0 Å². The van der Waals surface area contributed by atoms with Gasteiger partial charge in [0.05, 0.1) is 12.7 Å². The Morgan fingerprint density at radius 1 is 1.13 bits per heavy atom. The first-order valence-electron chi connectivity index (χ1n) is 12.4. The number of fused-ring (bicyclic) bond motifs is 1. The van der Waals surface area contributed by atoms with Gasteiger partial charge in [0, 0.05) is 13.1 Å². The van der Waals surface area contributed by atoms with Gasteiger partial charge in [0.25, 0.3) is 6.43 Å². The van der Waals surface area contributed by atoms with E-state index in [9.17, 15) is 13.9 Å². The molecule has 1 heterocycles. The van der Waals surface area contributed by atoms with Gasteiger partial charge in [-0.2, -0.15) is 0 Å². The molecule has 0 bridgehead atoms. The van der Waals surface area contributed by atoms with E-state index in [1.54, 1.807) is 5.57 Å². The molecule has 1 N–H and O–H groups in total. The van der Waals surface area contributed by atoms with E-state index in [1.807, 2.05) is 0 Å². The summed E-state index contributed by atoms with van der Waals surface area (Å²) in [5.74, 6) is 2.28. The monoisotopic (exact) mass is 435 g/mol. The van der Waals surface area contributed by atoms with Gasteiger partial charge in [-0.1, -0.05) is 24.3 Å². The molecule has 4 fully saturated rings. The summed E-state index contributed by atoms with van der Waals surface area (Å²) in [5.41, 5.74) is 3.75. The number of morpholine rings is 1. The lowest BCUT2D eigenvalue weighted by Gasteiger charge is -2.34. The maximum Gasteiger partial charge on any atom is 0.265 e. The van der Waals surface area contributed by atoms with Gasteiger partial charge in [-0.15, -0.1) is 0 Å². The number of aliphatic hydroxyl groups excluding tert-OH is 1. The Labute approximate surface area is 186 Å².